The first-order valence-corrected chi connectivity index (χ1v) is 7.74. The highest BCUT2D eigenvalue weighted by Crippen LogP contribution is 2.30. The Labute approximate surface area is 117 Å². The van der Waals surface area contributed by atoms with Crippen LogP contribution >= 0.6 is 0 Å². The molecule has 0 heterocycles. The molecular formula is C15H31N3O. The summed E-state index contributed by atoms with van der Waals surface area (Å²) in [6, 6.07) is 0.616. The van der Waals surface area contributed by atoms with Crippen LogP contribution < -0.4 is 16.4 Å². The predicted molar refractivity (Wildman–Crippen MR) is 79.9 cm³/mol. The van der Waals surface area contributed by atoms with Crippen LogP contribution in [0.15, 0.2) is 0 Å². The number of nitrogens with two attached hydrogens (primary N) is 1. The molecule has 0 spiro atoms. The van der Waals surface area contributed by atoms with Crippen molar-refractivity contribution in [3.8, 4) is 0 Å². The maximum atomic E-state index is 11.7. The summed E-state index contributed by atoms with van der Waals surface area (Å²) < 4.78 is 0. The van der Waals surface area contributed by atoms with Crippen LogP contribution in [-0.2, 0) is 4.79 Å². The first kappa shape index (κ1) is 16.4. The number of nitrogens with one attached hydrogen (secondary N) is 2. The summed E-state index contributed by atoms with van der Waals surface area (Å²) in [5, 5.41) is 6.31. The molecule has 0 radical (unpaired) electrons. The Kier molecular flexibility index (Phi) is 6.80. The summed E-state index contributed by atoms with van der Waals surface area (Å²) in [6.45, 7) is 5.18. The lowest BCUT2D eigenvalue weighted by molar-refractivity contribution is -0.126. The van der Waals surface area contributed by atoms with Crippen molar-refractivity contribution < 1.29 is 4.79 Å². The molecule has 1 saturated carbocycles. The van der Waals surface area contributed by atoms with Crippen molar-refractivity contribution in [3.63, 3.8) is 0 Å². The summed E-state index contributed by atoms with van der Waals surface area (Å²) in [4.78, 5) is 11.7. The molecule has 1 aliphatic carbocycles. The number of carbonyl (C=O) groups is 1. The Morgan fingerprint density at radius 1 is 1.42 bits per heavy atom. The van der Waals surface area contributed by atoms with Gasteiger partial charge in [0.1, 0.15) is 0 Å². The van der Waals surface area contributed by atoms with E-state index in [0.717, 1.165) is 19.4 Å². The van der Waals surface area contributed by atoms with E-state index in [4.69, 9.17) is 5.73 Å². The minimum atomic E-state index is -0.731. The fraction of sp³-hybridized carbons (Fsp3) is 0.933. The summed E-state index contributed by atoms with van der Waals surface area (Å²) in [6.07, 6.45) is 8.15. The Balaban J connectivity index is 2.40. The van der Waals surface area contributed by atoms with E-state index in [0.29, 0.717) is 12.0 Å². The molecule has 0 aromatic heterocycles. The molecule has 0 unspecified atom stereocenters. The van der Waals surface area contributed by atoms with E-state index >= 15 is 0 Å². The third kappa shape index (κ3) is 5.49. The molecule has 0 aromatic rings. The zero-order valence-electron chi connectivity index (χ0n) is 12.8. The third-order valence-electron chi connectivity index (χ3n) is 4.20. The number of unbranched alkanes of at least 4 members (excludes halogenated alkanes) is 1. The highest BCUT2D eigenvalue weighted by atomic mass is 16.2. The van der Waals surface area contributed by atoms with Gasteiger partial charge in [-0.2, -0.15) is 0 Å². The molecule has 1 rings (SSSR count). The van der Waals surface area contributed by atoms with Crippen LogP contribution in [0.5, 0.6) is 0 Å². The van der Waals surface area contributed by atoms with Gasteiger partial charge in [0.2, 0.25) is 5.91 Å². The van der Waals surface area contributed by atoms with Gasteiger partial charge in [-0.15, -0.1) is 0 Å². The molecule has 0 aliphatic heterocycles. The lowest BCUT2D eigenvalue weighted by atomic mass is 9.78. The first-order chi connectivity index (χ1) is 8.99. The van der Waals surface area contributed by atoms with Gasteiger partial charge in [-0.25, -0.2) is 0 Å². The summed E-state index contributed by atoms with van der Waals surface area (Å²) in [7, 11) is 1.66. The van der Waals surface area contributed by atoms with E-state index in [2.05, 4.69) is 17.6 Å². The van der Waals surface area contributed by atoms with Crippen LogP contribution in [0, 0.1) is 5.92 Å². The van der Waals surface area contributed by atoms with E-state index in [1.165, 1.54) is 32.1 Å². The van der Waals surface area contributed by atoms with Crippen LogP contribution in [0.3, 0.4) is 0 Å². The fourth-order valence-corrected chi connectivity index (χ4v) is 3.12. The van der Waals surface area contributed by atoms with Gasteiger partial charge in [0.05, 0.1) is 5.54 Å². The van der Waals surface area contributed by atoms with Gasteiger partial charge >= 0.3 is 0 Å². The molecule has 1 fully saturated rings. The van der Waals surface area contributed by atoms with Crippen molar-refractivity contribution in [2.45, 2.75) is 70.4 Å². The van der Waals surface area contributed by atoms with Crippen molar-refractivity contribution in [2.24, 2.45) is 11.7 Å². The van der Waals surface area contributed by atoms with Crippen molar-refractivity contribution >= 4 is 5.91 Å². The van der Waals surface area contributed by atoms with Gasteiger partial charge < -0.3 is 16.4 Å². The van der Waals surface area contributed by atoms with E-state index < -0.39 is 5.54 Å². The Bertz CT molecular complexity index is 279. The normalized spacial score (nSPS) is 26.7. The molecule has 4 heteroatoms. The van der Waals surface area contributed by atoms with Gasteiger partial charge in [-0.3, -0.25) is 4.79 Å². The second kappa shape index (κ2) is 7.85. The number of hydrogen-bond donors (Lipinski definition) is 3. The van der Waals surface area contributed by atoms with E-state index in [1.54, 1.807) is 7.05 Å². The summed E-state index contributed by atoms with van der Waals surface area (Å²) in [5.41, 5.74) is 5.40. The average Bonchev–Trinajstić information content (AvgIpc) is 2.38. The minimum absolute atomic E-state index is 0.0476. The third-order valence-corrected chi connectivity index (χ3v) is 4.20. The molecule has 1 amide bonds. The highest BCUT2D eigenvalue weighted by Gasteiger charge is 2.33. The molecule has 4 nitrogen and oxygen atoms in total. The van der Waals surface area contributed by atoms with Gasteiger partial charge in [0.15, 0.2) is 0 Å². The maximum absolute atomic E-state index is 11.7. The van der Waals surface area contributed by atoms with Crippen molar-refractivity contribution in [3.05, 3.63) is 0 Å². The topological polar surface area (TPSA) is 67.1 Å². The molecule has 4 N–H and O–H groups in total. The largest absolute Gasteiger partial charge is 0.358 e. The molecule has 0 saturated heterocycles. The lowest BCUT2D eigenvalue weighted by Crippen LogP contribution is -2.52. The summed E-state index contributed by atoms with van der Waals surface area (Å²) >= 11 is 0. The highest BCUT2D eigenvalue weighted by molar-refractivity contribution is 5.85. The monoisotopic (exact) mass is 269 g/mol. The average molecular weight is 269 g/mol. The molecule has 1 aliphatic rings. The zero-order chi connectivity index (χ0) is 14.3. The molecule has 3 atom stereocenters. The molecule has 0 bridgehead atoms. The Morgan fingerprint density at radius 2 is 2.16 bits per heavy atom. The predicted octanol–water partition coefficient (Wildman–Crippen LogP) is 1.79. The minimum Gasteiger partial charge on any atom is -0.358 e. The van der Waals surface area contributed by atoms with Crippen LogP contribution in [0.1, 0.15) is 58.8 Å². The second-order valence-corrected chi connectivity index (χ2v) is 6.24. The number of likely N-dealkylation sites (N-methyl/N-ethyl adjacent to an activating group) is 1. The van der Waals surface area contributed by atoms with Crippen molar-refractivity contribution in [1.29, 1.82) is 0 Å². The van der Waals surface area contributed by atoms with Crippen LogP contribution in [-0.4, -0.2) is 31.1 Å². The summed E-state index contributed by atoms with van der Waals surface area (Å²) in [5.74, 6) is 0.522. The molecule has 112 valence electrons. The molecule has 19 heavy (non-hydrogen) atoms. The maximum Gasteiger partial charge on any atom is 0.239 e. The lowest BCUT2D eigenvalue weighted by Gasteiger charge is -2.34. The van der Waals surface area contributed by atoms with Crippen LogP contribution in [0.4, 0.5) is 0 Å². The SMILES string of the molecule is CCCCN[C@@H]1CCC[C@H](C[C@@](C)(N)C(=O)NC)C1. The van der Waals surface area contributed by atoms with Gasteiger partial charge in [-0.1, -0.05) is 26.2 Å². The van der Waals surface area contributed by atoms with Crippen molar-refractivity contribution in [2.75, 3.05) is 13.6 Å². The van der Waals surface area contributed by atoms with Crippen LogP contribution in [0.25, 0.3) is 0 Å². The number of hydrogen-bond acceptors (Lipinski definition) is 3. The Morgan fingerprint density at radius 3 is 2.79 bits per heavy atom. The quantitative estimate of drug-likeness (QED) is 0.617. The van der Waals surface area contributed by atoms with Gasteiger partial charge in [0, 0.05) is 13.1 Å². The first-order valence-electron chi connectivity index (χ1n) is 7.74. The van der Waals surface area contributed by atoms with Gasteiger partial charge in [-0.05, 0) is 45.1 Å². The van der Waals surface area contributed by atoms with Gasteiger partial charge in [0.25, 0.3) is 0 Å². The number of rotatable bonds is 7. The smallest absolute Gasteiger partial charge is 0.239 e. The zero-order valence-corrected chi connectivity index (χ0v) is 12.8. The number of carbonyl (C=O) groups excluding carboxylic acids is 1. The van der Waals surface area contributed by atoms with E-state index in [1.807, 2.05) is 6.92 Å². The Hall–Kier alpha value is -0.610. The van der Waals surface area contributed by atoms with Crippen LogP contribution in [0.2, 0.25) is 0 Å². The fourth-order valence-electron chi connectivity index (χ4n) is 3.12. The van der Waals surface area contributed by atoms with E-state index in [-0.39, 0.29) is 5.91 Å². The molecule has 0 aromatic carbocycles. The standard InChI is InChI=1S/C15H31N3O/c1-4-5-9-18-13-8-6-7-12(10-13)11-15(2,16)14(19)17-3/h12-13,18H,4-11,16H2,1-3H3,(H,17,19)/t12-,13+,15+/m0/s1. The second-order valence-electron chi connectivity index (χ2n) is 6.24. The number of amides is 1. The molecular weight excluding hydrogens is 238 g/mol. The van der Waals surface area contributed by atoms with E-state index in [9.17, 15) is 4.79 Å². The van der Waals surface area contributed by atoms with Crippen molar-refractivity contribution in [1.82, 2.24) is 10.6 Å².